The van der Waals surface area contributed by atoms with Gasteiger partial charge in [0.2, 0.25) is 0 Å². The molecule has 1 heterocycles. The summed E-state index contributed by atoms with van der Waals surface area (Å²) < 4.78 is 5.38. The van der Waals surface area contributed by atoms with E-state index in [9.17, 15) is 0 Å². The molecule has 1 aromatic carbocycles. The van der Waals surface area contributed by atoms with E-state index in [-0.39, 0.29) is 0 Å². The smallest absolute Gasteiger partial charge is 0.128 e. The summed E-state index contributed by atoms with van der Waals surface area (Å²) >= 11 is 0. The van der Waals surface area contributed by atoms with E-state index in [1.165, 1.54) is 11.1 Å². The molecule has 1 aromatic heterocycles. The number of ether oxygens (including phenoxy) is 1. The van der Waals surface area contributed by atoms with E-state index in [1.807, 2.05) is 12.1 Å². The zero-order valence-electron chi connectivity index (χ0n) is 9.79. The van der Waals surface area contributed by atoms with E-state index in [1.54, 1.807) is 13.3 Å². The lowest BCUT2D eigenvalue weighted by Crippen LogP contribution is -1.91. The molecule has 0 spiro atoms. The van der Waals surface area contributed by atoms with Crippen molar-refractivity contribution >= 4 is 5.69 Å². The average molecular weight is 216 g/mol. The number of methoxy groups -OCH3 is 1. The number of aromatic amines is 1. The van der Waals surface area contributed by atoms with Crippen molar-refractivity contribution in [3.63, 3.8) is 0 Å². The summed E-state index contributed by atoms with van der Waals surface area (Å²) in [5.41, 5.74) is 10.9. The first-order valence-corrected chi connectivity index (χ1v) is 5.21. The molecule has 0 unspecified atom stereocenters. The van der Waals surface area contributed by atoms with Crippen LogP contribution in [-0.4, -0.2) is 12.1 Å². The SMILES string of the molecule is COc1cc(C)c(C)cc1-c1cc(N)c[nH]1. The lowest BCUT2D eigenvalue weighted by molar-refractivity contribution is 0.416. The van der Waals surface area contributed by atoms with Crippen LogP contribution in [0.5, 0.6) is 5.75 Å². The van der Waals surface area contributed by atoms with Gasteiger partial charge in [-0.05, 0) is 43.2 Å². The van der Waals surface area contributed by atoms with E-state index in [0.29, 0.717) is 0 Å². The monoisotopic (exact) mass is 216 g/mol. The zero-order chi connectivity index (χ0) is 11.7. The number of H-pyrrole nitrogens is 1. The molecule has 0 saturated heterocycles. The molecular formula is C13H16N2O. The van der Waals surface area contributed by atoms with Gasteiger partial charge in [0.1, 0.15) is 5.75 Å². The first-order chi connectivity index (χ1) is 7.61. The largest absolute Gasteiger partial charge is 0.496 e. The minimum atomic E-state index is 0.732. The first-order valence-electron chi connectivity index (χ1n) is 5.21. The fourth-order valence-corrected chi connectivity index (χ4v) is 1.74. The third-order valence-electron chi connectivity index (χ3n) is 2.81. The van der Waals surface area contributed by atoms with Crippen molar-refractivity contribution in [3.05, 3.63) is 35.5 Å². The van der Waals surface area contributed by atoms with E-state index < -0.39 is 0 Å². The van der Waals surface area contributed by atoms with Gasteiger partial charge in [-0.3, -0.25) is 0 Å². The van der Waals surface area contributed by atoms with Crippen LogP contribution in [-0.2, 0) is 0 Å². The number of rotatable bonds is 2. The lowest BCUT2D eigenvalue weighted by atomic mass is 10.0. The summed E-state index contributed by atoms with van der Waals surface area (Å²) in [6, 6.07) is 6.06. The van der Waals surface area contributed by atoms with Crippen molar-refractivity contribution in [2.45, 2.75) is 13.8 Å². The predicted molar refractivity (Wildman–Crippen MR) is 66.7 cm³/mol. The molecule has 3 N–H and O–H groups in total. The van der Waals surface area contributed by atoms with Gasteiger partial charge in [-0.2, -0.15) is 0 Å². The quantitative estimate of drug-likeness (QED) is 0.811. The van der Waals surface area contributed by atoms with Crippen LogP contribution < -0.4 is 10.5 Å². The number of aryl methyl sites for hydroxylation is 2. The van der Waals surface area contributed by atoms with Gasteiger partial charge in [0.25, 0.3) is 0 Å². The van der Waals surface area contributed by atoms with Crippen molar-refractivity contribution in [2.24, 2.45) is 0 Å². The van der Waals surface area contributed by atoms with Gasteiger partial charge in [-0.25, -0.2) is 0 Å². The molecule has 2 aromatic rings. The molecule has 3 heteroatoms. The molecule has 0 atom stereocenters. The Morgan fingerprint density at radius 1 is 1.12 bits per heavy atom. The number of hydrogen-bond donors (Lipinski definition) is 2. The van der Waals surface area contributed by atoms with Crippen molar-refractivity contribution in [2.75, 3.05) is 12.8 Å². The molecule has 0 aliphatic rings. The van der Waals surface area contributed by atoms with Crippen molar-refractivity contribution in [1.29, 1.82) is 0 Å². The normalized spacial score (nSPS) is 10.4. The van der Waals surface area contributed by atoms with E-state index >= 15 is 0 Å². The van der Waals surface area contributed by atoms with Crippen LogP contribution in [0, 0.1) is 13.8 Å². The molecule has 0 saturated carbocycles. The first kappa shape index (κ1) is 10.6. The van der Waals surface area contributed by atoms with E-state index in [2.05, 4.69) is 24.9 Å². The molecule has 0 bridgehead atoms. The maximum atomic E-state index is 5.70. The Bertz CT molecular complexity index is 515. The second-order valence-electron chi connectivity index (χ2n) is 3.98. The summed E-state index contributed by atoms with van der Waals surface area (Å²) in [4.78, 5) is 3.14. The number of aromatic nitrogens is 1. The summed E-state index contributed by atoms with van der Waals surface area (Å²) in [6.07, 6.45) is 1.78. The highest BCUT2D eigenvalue weighted by atomic mass is 16.5. The molecule has 0 amide bonds. The number of hydrogen-bond acceptors (Lipinski definition) is 2. The molecule has 0 radical (unpaired) electrons. The number of anilines is 1. The zero-order valence-corrected chi connectivity index (χ0v) is 9.79. The molecule has 0 fully saturated rings. The molecule has 84 valence electrons. The standard InChI is InChI=1S/C13H16N2O/c1-8-4-11(12-6-10(14)7-15-12)13(16-3)5-9(8)2/h4-7,15H,14H2,1-3H3. The van der Waals surface area contributed by atoms with Crippen molar-refractivity contribution in [1.82, 2.24) is 4.98 Å². The van der Waals surface area contributed by atoms with Crippen LogP contribution >= 0.6 is 0 Å². The van der Waals surface area contributed by atoms with Crippen LogP contribution in [0.3, 0.4) is 0 Å². The van der Waals surface area contributed by atoms with Gasteiger partial charge in [-0.1, -0.05) is 0 Å². The average Bonchev–Trinajstić information content (AvgIpc) is 2.68. The number of nitrogen functional groups attached to an aromatic ring is 1. The van der Waals surface area contributed by atoms with Crippen LogP contribution in [0.1, 0.15) is 11.1 Å². The summed E-state index contributed by atoms with van der Waals surface area (Å²) in [5, 5.41) is 0. The second-order valence-corrected chi connectivity index (χ2v) is 3.98. The molecule has 16 heavy (non-hydrogen) atoms. The highest BCUT2D eigenvalue weighted by molar-refractivity contribution is 5.71. The maximum absolute atomic E-state index is 5.70. The molecular weight excluding hydrogens is 200 g/mol. The lowest BCUT2D eigenvalue weighted by Gasteiger charge is -2.10. The molecule has 3 nitrogen and oxygen atoms in total. The topological polar surface area (TPSA) is 51.0 Å². The molecule has 0 aliphatic heterocycles. The van der Waals surface area contributed by atoms with Crippen LogP contribution in [0.4, 0.5) is 5.69 Å². The van der Waals surface area contributed by atoms with Gasteiger partial charge in [0, 0.05) is 17.4 Å². The Kier molecular flexibility index (Phi) is 2.60. The fraction of sp³-hybridized carbons (Fsp3) is 0.231. The van der Waals surface area contributed by atoms with Gasteiger partial charge >= 0.3 is 0 Å². The molecule has 0 aliphatic carbocycles. The van der Waals surface area contributed by atoms with Crippen LogP contribution in [0.2, 0.25) is 0 Å². The maximum Gasteiger partial charge on any atom is 0.128 e. The Morgan fingerprint density at radius 3 is 2.38 bits per heavy atom. The van der Waals surface area contributed by atoms with E-state index in [4.69, 9.17) is 10.5 Å². The Hall–Kier alpha value is -1.90. The number of nitrogens with one attached hydrogen (secondary N) is 1. The number of nitrogens with two attached hydrogens (primary N) is 1. The fourth-order valence-electron chi connectivity index (χ4n) is 1.74. The Balaban J connectivity index is 2.59. The van der Waals surface area contributed by atoms with Gasteiger partial charge in [0.05, 0.1) is 12.8 Å². The van der Waals surface area contributed by atoms with Crippen molar-refractivity contribution < 1.29 is 4.74 Å². The van der Waals surface area contributed by atoms with E-state index in [0.717, 1.165) is 22.7 Å². The predicted octanol–water partition coefficient (Wildman–Crippen LogP) is 2.89. The van der Waals surface area contributed by atoms with Gasteiger partial charge in [-0.15, -0.1) is 0 Å². The Morgan fingerprint density at radius 2 is 1.81 bits per heavy atom. The Labute approximate surface area is 95.2 Å². The minimum absolute atomic E-state index is 0.732. The molecule has 2 rings (SSSR count). The van der Waals surface area contributed by atoms with Gasteiger partial charge in [0.15, 0.2) is 0 Å². The van der Waals surface area contributed by atoms with Crippen LogP contribution in [0.15, 0.2) is 24.4 Å². The number of benzene rings is 1. The van der Waals surface area contributed by atoms with Gasteiger partial charge < -0.3 is 15.5 Å². The van der Waals surface area contributed by atoms with Crippen LogP contribution in [0.25, 0.3) is 11.3 Å². The third-order valence-corrected chi connectivity index (χ3v) is 2.81. The highest BCUT2D eigenvalue weighted by Gasteiger charge is 2.09. The summed E-state index contributed by atoms with van der Waals surface area (Å²) in [7, 11) is 1.68. The summed E-state index contributed by atoms with van der Waals surface area (Å²) in [6.45, 7) is 4.16. The second kappa shape index (κ2) is 3.93. The van der Waals surface area contributed by atoms with Crippen molar-refractivity contribution in [3.8, 4) is 17.0 Å². The summed E-state index contributed by atoms with van der Waals surface area (Å²) in [5.74, 6) is 0.866. The minimum Gasteiger partial charge on any atom is -0.496 e. The highest BCUT2D eigenvalue weighted by Crippen LogP contribution is 2.32. The third kappa shape index (κ3) is 1.76.